The van der Waals surface area contributed by atoms with Crippen molar-refractivity contribution >= 4 is 5.69 Å². The third kappa shape index (κ3) is 5.83. The van der Waals surface area contributed by atoms with Crippen molar-refractivity contribution in [2.45, 2.75) is 44.4 Å². The molecule has 2 unspecified atom stereocenters. The Morgan fingerprint density at radius 1 is 1.33 bits per heavy atom. The Bertz CT molecular complexity index is 428. The Hall–Kier alpha value is -1.43. The van der Waals surface area contributed by atoms with Crippen LogP contribution in [-0.2, 0) is 0 Å². The first-order chi connectivity index (χ1) is 9.92. The molecule has 0 radical (unpaired) electrons. The van der Waals surface area contributed by atoms with Gasteiger partial charge in [0.2, 0.25) is 0 Å². The average Bonchev–Trinajstić information content (AvgIpc) is 2.89. The Kier molecular flexibility index (Phi) is 5.33. The summed E-state index contributed by atoms with van der Waals surface area (Å²) in [6.45, 7) is 1.93. The zero-order valence-corrected chi connectivity index (χ0v) is 12.0. The first-order valence-corrected chi connectivity index (χ1v) is 7.22. The standard InChI is InChI=1S/C15H21F3N2O/c1-11(9-13-3-2-8-19-13)20-12-4-6-14(7-5-12)21-10-15(16,17)18/h4-7,11,13,19-20H,2-3,8-10H2,1H3. The van der Waals surface area contributed by atoms with Crippen molar-refractivity contribution in [3.63, 3.8) is 0 Å². The van der Waals surface area contributed by atoms with Gasteiger partial charge < -0.3 is 15.4 Å². The van der Waals surface area contributed by atoms with E-state index in [2.05, 4.69) is 22.3 Å². The third-order valence-electron chi connectivity index (χ3n) is 3.47. The molecule has 1 heterocycles. The van der Waals surface area contributed by atoms with Crippen molar-refractivity contribution in [3.05, 3.63) is 24.3 Å². The highest BCUT2D eigenvalue weighted by atomic mass is 19.4. The maximum absolute atomic E-state index is 12.0. The maximum Gasteiger partial charge on any atom is 0.422 e. The van der Waals surface area contributed by atoms with Gasteiger partial charge in [-0.3, -0.25) is 0 Å². The van der Waals surface area contributed by atoms with Crippen LogP contribution in [0.5, 0.6) is 5.75 Å². The summed E-state index contributed by atoms with van der Waals surface area (Å²) in [5.41, 5.74) is 0.889. The van der Waals surface area contributed by atoms with Gasteiger partial charge in [0.15, 0.2) is 6.61 Å². The fraction of sp³-hybridized carbons (Fsp3) is 0.600. The van der Waals surface area contributed by atoms with E-state index in [1.165, 1.54) is 12.8 Å². The lowest BCUT2D eigenvalue weighted by atomic mass is 10.1. The van der Waals surface area contributed by atoms with Crippen LogP contribution in [0.3, 0.4) is 0 Å². The second kappa shape index (κ2) is 7.02. The number of hydrogen-bond donors (Lipinski definition) is 2. The van der Waals surface area contributed by atoms with Crippen molar-refractivity contribution in [3.8, 4) is 5.75 Å². The van der Waals surface area contributed by atoms with Gasteiger partial charge in [-0.05, 0) is 57.0 Å². The molecular formula is C15H21F3N2O. The van der Waals surface area contributed by atoms with E-state index in [-0.39, 0.29) is 5.75 Å². The van der Waals surface area contributed by atoms with Crippen molar-refractivity contribution in [1.29, 1.82) is 0 Å². The van der Waals surface area contributed by atoms with Gasteiger partial charge in [0, 0.05) is 17.8 Å². The van der Waals surface area contributed by atoms with Crippen LogP contribution in [-0.4, -0.2) is 31.4 Å². The fourth-order valence-electron chi connectivity index (χ4n) is 2.54. The van der Waals surface area contributed by atoms with Gasteiger partial charge in [-0.25, -0.2) is 0 Å². The Morgan fingerprint density at radius 3 is 2.62 bits per heavy atom. The minimum Gasteiger partial charge on any atom is -0.484 e. The summed E-state index contributed by atoms with van der Waals surface area (Å²) in [6.07, 6.45) is -0.842. The van der Waals surface area contributed by atoms with E-state index in [0.29, 0.717) is 12.1 Å². The van der Waals surface area contributed by atoms with E-state index in [1.54, 1.807) is 24.3 Å². The molecule has 1 fully saturated rings. The molecule has 6 heteroatoms. The number of anilines is 1. The summed E-state index contributed by atoms with van der Waals surface area (Å²) in [5, 5.41) is 6.80. The highest BCUT2D eigenvalue weighted by Crippen LogP contribution is 2.21. The minimum absolute atomic E-state index is 0.225. The van der Waals surface area contributed by atoms with Crippen LogP contribution in [0, 0.1) is 0 Å². The zero-order valence-electron chi connectivity index (χ0n) is 12.0. The largest absolute Gasteiger partial charge is 0.484 e. The summed E-state index contributed by atoms with van der Waals surface area (Å²) in [5.74, 6) is 0.225. The lowest BCUT2D eigenvalue weighted by Gasteiger charge is -2.19. The molecule has 118 valence electrons. The summed E-state index contributed by atoms with van der Waals surface area (Å²) in [6, 6.07) is 7.45. The number of halogens is 3. The van der Waals surface area contributed by atoms with Crippen molar-refractivity contribution < 1.29 is 17.9 Å². The Morgan fingerprint density at radius 2 is 2.05 bits per heavy atom. The van der Waals surface area contributed by atoms with Crippen molar-refractivity contribution in [2.24, 2.45) is 0 Å². The highest BCUT2D eigenvalue weighted by Gasteiger charge is 2.28. The van der Waals surface area contributed by atoms with Gasteiger partial charge in [-0.1, -0.05) is 0 Å². The predicted molar refractivity (Wildman–Crippen MR) is 76.7 cm³/mol. The number of nitrogens with one attached hydrogen (secondary N) is 2. The van der Waals surface area contributed by atoms with E-state index < -0.39 is 12.8 Å². The maximum atomic E-state index is 12.0. The molecule has 0 saturated carbocycles. The first kappa shape index (κ1) is 15.9. The molecule has 1 aromatic rings. The summed E-state index contributed by atoms with van der Waals surface area (Å²) < 4.78 is 40.8. The zero-order chi connectivity index (χ0) is 15.3. The van der Waals surface area contributed by atoms with Crippen LogP contribution in [0.25, 0.3) is 0 Å². The van der Waals surface area contributed by atoms with Gasteiger partial charge in [0.1, 0.15) is 5.75 Å². The van der Waals surface area contributed by atoms with Gasteiger partial charge >= 0.3 is 6.18 Å². The monoisotopic (exact) mass is 302 g/mol. The lowest BCUT2D eigenvalue weighted by Crippen LogP contribution is -2.29. The van der Waals surface area contributed by atoms with Gasteiger partial charge in [-0.15, -0.1) is 0 Å². The number of rotatable bonds is 6. The van der Waals surface area contributed by atoms with Gasteiger partial charge in [0.05, 0.1) is 0 Å². The van der Waals surface area contributed by atoms with Crippen molar-refractivity contribution in [1.82, 2.24) is 5.32 Å². The van der Waals surface area contributed by atoms with E-state index in [1.807, 2.05) is 0 Å². The van der Waals surface area contributed by atoms with Gasteiger partial charge in [0.25, 0.3) is 0 Å². The summed E-state index contributed by atoms with van der Waals surface area (Å²) >= 11 is 0. The van der Waals surface area contributed by atoms with Crippen molar-refractivity contribution in [2.75, 3.05) is 18.5 Å². The fourth-order valence-corrected chi connectivity index (χ4v) is 2.54. The number of benzene rings is 1. The molecule has 2 atom stereocenters. The van der Waals surface area contributed by atoms with Crippen LogP contribution in [0.2, 0.25) is 0 Å². The molecule has 21 heavy (non-hydrogen) atoms. The van der Waals surface area contributed by atoms with Crippen LogP contribution in [0.1, 0.15) is 26.2 Å². The topological polar surface area (TPSA) is 33.3 Å². The van der Waals surface area contributed by atoms with Crippen LogP contribution in [0.4, 0.5) is 18.9 Å². The molecule has 0 aliphatic carbocycles. The molecule has 0 spiro atoms. The third-order valence-corrected chi connectivity index (χ3v) is 3.47. The molecule has 0 bridgehead atoms. The lowest BCUT2D eigenvalue weighted by molar-refractivity contribution is -0.153. The number of alkyl halides is 3. The predicted octanol–water partition coefficient (Wildman–Crippen LogP) is 3.57. The van der Waals surface area contributed by atoms with E-state index >= 15 is 0 Å². The molecule has 1 aliphatic heterocycles. The molecule has 2 N–H and O–H groups in total. The van der Waals surface area contributed by atoms with E-state index in [0.717, 1.165) is 18.7 Å². The molecule has 1 aliphatic rings. The van der Waals surface area contributed by atoms with E-state index in [4.69, 9.17) is 0 Å². The van der Waals surface area contributed by atoms with Crippen LogP contribution in [0.15, 0.2) is 24.3 Å². The highest BCUT2D eigenvalue weighted by molar-refractivity contribution is 5.47. The quantitative estimate of drug-likeness (QED) is 0.843. The molecule has 0 aromatic heterocycles. The minimum atomic E-state index is -4.31. The second-order valence-electron chi connectivity index (χ2n) is 5.50. The molecule has 3 nitrogen and oxygen atoms in total. The van der Waals surface area contributed by atoms with Crippen LogP contribution < -0.4 is 15.4 Å². The van der Waals surface area contributed by atoms with Gasteiger partial charge in [-0.2, -0.15) is 13.2 Å². The van der Waals surface area contributed by atoms with E-state index in [9.17, 15) is 13.2 Å². The Balaban J connectivity index is 1.78. The number of ether oxygens (including phenoxy) is 1. The summed E-state index contributed by atoms with van der Waals surface area (Å²) in [7, 11) is 0. The van der Waals surface area contributed by atoms with Crippen LogP contribution >= 0.6 is 0 Å². The normalized spacial score (nSPS) is 20.3. The molecule has 0 amide bonds. The second-order valence-corrected chi connectivity index (χ2v) is 5.50. The SMILES string of the molecule is CC(CC1CCCN1)Nc1ccc(OCC(F)(F)F)cc1. The Labute approximate surface area is 122 Å². The first-order valence-electron chi connectivity index (χ1n) is 7.22. The molecular weight excluding hydrogens is 281 g/mol. The molecule has 2 rings (SSSR count). The number of hydrogen-bond acceptors (Lipinski definition) is 3. The summed E-state index contributed by atoms with van der Waals surface area (Å²) in [4.78, 5) is 0. The molecule has 1 aromatic carbocycles. The smallest absolute Gasteiger partial charge is 0.422 e. The molecule has 1 saturated heterocycles. The average molecular weight is 302 g/mol.